The Labute approximate surface area is 84.2 Å². The van der Waals surface area contributed by atoms with Gasteiger partial charge in [-0.1, -0.05) is 13.3 Å². The summed E-state index contributed by atoms with van der Waals surface area (Å²) in [7, 11) is 1.54. The van der Waals surface area contributed by atoms with E-state index >= 15 is 0 Å². The van der Waals surface area contributed by atoms with E-state index in [1.807, 2.05) is 6.92 Å². The van der Waals surface area contributed by atoms with E-state index in [0.29, 0.717) is 19.7 Å². The zero-order chi connectivity index (χ0) is 10.8. The molecule has 0 aliphatic rings. The summed E-state index contributed by atoms with van der Waals surface area (Å²) in [5.41, 5.74) is 0. The maximum Gasteiger partial charge on any atom is 0.309 e. The van der Waals surface area contributed by atoms with Crippen molar-refractivity contribution in [3.05, 3.63) is 0 Å². The van der Waals surface area contributed by atoms with Gasteiger partial charge in [-0.15, -0.1) is 0 Å². The molecule has 5 heteroatoms. The van der Waals surface area contributed by atoms with E-state index in [4.69, 9.17) is 4.74 Å². The van der Waals surface area contributed by atoms with Crippen LogP contribution in [0.25, 0.3) is 0 Å². The molecule has 0 bridgehead atoms. The van der Waals surface area contributed by atoms with E-state index < -0.39 is 11.8 Å². The highest BCUT2D eigenvalue weighted by molar-refractivity contribution is 6.35. The van der Waals surface area contributed by atoms with Crippen molar-refractivity contribution in [3.63, 3.8) is 0 Å². The fourth-order valence-corrected chi connectivity index (χ4v) is 0.806. The summed E-state index contributed by atoms with van der Waals surface area (Å²) in [5.74, 6) is -1.17. The fraction of sp³-hybridized carbons (Fsp3) is 0.778. The normalized spacial score (nSPS) is 9.57. The first-order valence-corrected chi connectivity index (χ1v) is 4.77. The molecular formula is C9H18N2O3. The van der Waals surface area contributed by atoms with E-state index in [9.17, 15) is 9.59 Å². The SMILES string of the molecule is CCCCNC(=O)C(=O)NCCOC. The standard InChI is InChI=1S/C9H18N2O3/c1-3-4-5-10-8(12)9(13)11-6-7-14-2/h3-7H2,1-2H3,(H,10,12)(H,11,13). The van der Waals surface area contributed by atoms with Gasteiger partial charge >= 0.3 is 11.8 Å². The highest BCUT2D eigenvalue weighted by Gasteiger charge is 2.10. The Morgan fingerprint density at radius 2 is 1.71 bits per heavy atom. The van der Waals surface area contributed by atoms with E-state index in [1.165, 1.54) is 7.11 Å². The van der Waals surface area contributed by atoms with Gasteiger partial charge in [0.2, 0.25) is 0 Å². The topological polar surface area (TPSA) is 67.4 Å². The minimum absolute atomic E-state index is 0.358. The van der Waals surface area contributed by atoms with Crippen LogP contribution >= 0.6 is 0 Å². The van der Waals surface area contributed by atoms with Gasteiger partial charge in [0.15, 0.2) is 0 Å². The van der Waals surface area contributed by atoms with Gasteiger partial charge in [-0.3, -0.25) is 9.59 Å². The Balaban J connectivity index is 3.50. The number of rotatable bonds is 6. The van der Waals surface area contributed by atoms with Crippen molar-refractivity contribution in [3.8, 4) is 0 Å². The first-order chi connectivity index (χ1) is 6.72. The summed E-state index contributed by atoms with van der Waals surface area (Å²) >= 11 is 0. The third kappa shape index (κ3) is 6.42. The largest absolute Gasteiger partial charge is 0.383 e. The number of ether oxygens (including phenoxy) is 1. The molecule has 0 unspecified atom stereocenters. The zero-order valence-corrected chi connectivity index (χ0v) is 8.76. The van der Waals surface area contributed by atoms with Crippen LogP contribution in [0.15, 0.2) is 0 Å². The second-order valence-electron chi connectivity index (χ2n) is 2.86. The highest BCUT2D eigenvalue weighted by Crippen LogP contribution is 1.82. The second-order valence-corrected chi connectivity index (χ2v) is 2.86. The van der Waals surface area contributed by atoms with Gasteiger partial charge in [-0.05, 0) is 6.42 Å². The van der Waals surface area contributed by atoms with Crippen LogP contribution in [-0.2, 0) is 14.3 Å². The third-order valence-electron chi connectivity index (χ3n) is 1.61. The number of unbranched alkanes of at least 4 members (excludes halogenated alkanes) is 1. The van der Waals surface area contributed by atoms with Crippen molar-refractivity contribution in [1.82, 2.24) is 10.6 Å². The Morgan fingerprint density at radius 1 is 1.14 bits per heavy atom. The number of amides is 2. The quantitative estimate of drug-likeness (QED) is 0.457. The van der Waals surface area contributed by atoms with Gasteiger partial charge in [0, 0.05) is 20.2 Å². The Morgan fingerprint density at radius 3 is 2.21 bits per heavy atom. The minimum Gasteiger partial charge on any atom is -0.383 e. The molecule has 5 nitrogen and oxygen atoms in total. The molecule has 0 spiro atoms. The van der Waals surface area contributed by atoms with E-state index in [-0.39, 0.29) is 0 Å². The lowest BCUT2D eigenvalue weighted by Gasteiger charge is -2.04. The molecule has 0 aliphatic heterocycles. The molecule has 0 heterocycles. The lowest BCUT2D eigenvalue weighted by Crippen LogP contribution is -2.41. The lowest BCUT2D eigenvalue weighted by atomic mass is 10.3. The molecular weight excluding hydrogens is 184 g/mol. The molecule has 0 radical (unpaired) electrons. The van der Waals surface area contributed by atoms with Crippen LogP contribution in [0.4, 0.5) is 0 Å². The molecule has 2 N–H and O–H groups in total. The van der Waals surface area contributed by atoms with Crippen molar-refractivity contribution in [2.24, 2.45) is 0 Å². The minimum atomic E-state index is -0.599. The van der Waals surface area contributed by atoms with Crippen LogP contribution in [0, 0.1) is 0 Å². The number of carbonyl (C=O) groups is 2. The molecule has 2 amide bonds. The summed E-state index contributed by atoms with van der Waals surface area (Å²) in [6, 6.07) is 0. The maximum atomic E-state index is 11.0. The van der Waals surface area contributed by atoms with Crippen molar-refractivity contribution < 1.29 is 14.3 Å². The number of hydrogen-bond acceptors (Lipinski definition) is 3. The van der Waals surface area contributed by atoms with Crippen molar-refractivity contribution in [2.75, 3.05) is 26.8 Å². The Kier molecular flexibility index (Phi) is 7.83. The van der Waals surface area contributed by atoms with Gasteiger partial charge in [-0.25, -0.2) is 0 Å². The summed E-state index contributed by atoms with van der Waals surface area (Å²) in [6.07, 6.45) is 1.88. The molecule has 0 aromatic carbocycles. The molecule has 0 aliphatic carbocycles. The average molecular weight is 202 g/mol. The monoisotopic (exact) mass is 202 g/mol. The predicted molar refractivity (Wildman–Crippen MR) is 52.8 cm³/mol. The van der Waals surface area contributed by atoms with E-state index in [0.717, 1.165) is 12.8 Å². The lowest BCUT2D eigenvalue weighted by molar-refractivity contribution is -0.139. The molecule has 14 heavy (non-hydrogen) atoms. The fourth-order valence-electron chi connectivity index (χ4n) is 0.806. The summed E-state index contributed by atoms with van der Waals surface area (Å²) < 4.78 is 4.72. The Bertz CT molecular complexity index is 163. The Hall–Kier alpha value is -1.10. The van der Waals surface area contributed by atoms with Crippen LogP contribution in [0.3, 0.4) is 0 Å². The van der Waals surface area contributed by atoms with Crippen LogP contribution in [0.1, 0.15) is 19.8 Å². The van der Waals surface area contributed by atoms with Crippen molar-refractivity contribution in [2.45, 2.75) is 19.8 Å². The van der Waals surface area contributed by atoms with Crippen LogP contribution in [0.5, 0.6) is 0 Å². The molecule has 0 fully saturated rings. The summed E-state index contributed by atoms with van der Waals surface area (Å²) in [5, 5.41) is 4.95. The number of carbonyl (C=O) groups excluding carboxylic acids is 2. The van der Waals surface area contributed by atoms with Gasteiger partial charge in [-0.2, -0.15) is 0 Å². The van der Waals surface area contributed by atoms with E-state index in [2.05, 4.69) is 10.6 Å². The third-order valence-corrected chi connectivity index (χ3v) is 1.61. The molecule has 0 saturated carbocycles. The molecule has 0 aromatic rings. The second kappa shape index (κ2) is 8.50. The maximum absolute atomic E-state index is 11.0. The molecule has 0 rings (SSSR count). The number of hydrogen-bond donors (Lipinski definition) is 2. The number of methoxy groups -OCH3 is 1. The smallest absolute Gasteiger partial charge is 0.309 e. The van der Waals surface area contributed by atoms with Crippen LogP contribution < -0.4 is 10.6 Å². The first-order valence-electron chi connectivity index (χ1n) is 4.77. The predicted octanol–water partition coefficient (Wildman–Crippen LogP) is -0.335. The van der Waals surface area contributed by atoms with Gasteiger partial charge in [0.1, 0.15) is 0 Å². The van der Waals surface area contributed by atoms with Crippen LogP contribution in [0.2, 0.25) is 0 Å². The van der Waals surface area contributed by atoms with Gasteiger partial charge in [0.25, 0.3) is 0 Å². The summed E-state index contributed by atoms with van der Waals surface area (Å²) in [6.45, 7) is 3.34. The average Bonchev–Trinajstić information content (AvgIpc) is 2.18. The van der Waals surface area contributed by atoms with Crippen LogP contribution in [-0.4, -0.2) is 38.6 Å². The van der Waals surface area contributed by atoms with Gasteiger partial charge in [0.05, 0.1) is 6.61 Å². The van der Waals surface area contributed by atoms with Crippen molar-refractivity contribution in [1.29, 1.82) is 0 Å². The summed E-state index contributed by atoms with van der Waals surface area (Å²) in [4.78, 5) is 22.1. The molecule has 0 atom stereocenters. The number of nitrogens with one attached hydrogen (secondary N) is 2. The highest BCUT2D eigenvalue weighted by atomic mass is 16.5. The van der Waals surface area contributed by atoms with Crippen molar-refractivity contribution >= 4 is 11.8 Å². The molecule has 0 aromatic heterocycles. The molecule has 82 valence electrons. The molecule has 0 saturated heterocycles. The van der Waals surface area contributed by atoms with Gasteiger partial charge < -0.3 is 15.4 Å². The van der Waals surface area contributed by atoms with E-state index in [1.54, 1.807) is 0 Å². The zero-order valence-electron chi connectivity index (χ0n) is 8.76. The first kappa shape index (κ1) is 12.9.